The third-order valence-corrected chi connectivity index (χ3v) is 2.20. The second-order valence-electron chi connectivity index (χ2n) is 3.40. The molecule has 2 N–H and O–H groups in total. The van der Waals surface area contributed by atoms with Crippen LogP contribution in [-0.2, 0) is 0 Å². The molecule has 0 heterocycles. The summed E-state index contributed by atoms with van der Waals surface area (Å²) in [7, 11) is 0. The van der Waals surface area contributed by atoms with Crippen molar-refractivity contribution in [2.45, 2.75) is 25.4 Å². The van der Waals surface area contributed by atoms with Gasteiger partial charge in [-0.3, -0.25) is 0 Å². The van der Waals surface area contributed by atoms with Crippen LogP contribution in [0, 0.1) is 11.6 Å². The second-order valence-corrected chi connectivity index (χ2v) is 3.40. The topological polar surface area (TPSA) is 40.5 Å². The van der Waals surface area contributed by atoms with Crippen molar-refractivity contribution in [2.75, 3.05) is 6.61 Å². The third-order valence-electron chi connectivity index (χ3n) is 2.20. The number of aliphatic hydroxyl groups excluding tert-OH is 2. The van der Waals surface area contributed by atoms with Crippen LogP contribution in [0.1, 0.15) is 30.9 Å². The van der Waals surface area contributed by atoms with Crippen LogP contribution in [0.2, 0.25) is 0 Å². The summed E-state index contributed by atoms with van der Waals surface area (Å²) in [4.78, 5) is 0. The molecule has 4 heteroatoms. The zero-order chi connectivity index (χ0) is 11.3. The average molecular weight is 216 g/mol. The van der Waals surface area contributed by atoms with E-state index >= 15 is 0 Å². The lowest BCUT2D eigenvalue weighted by Crippen LogP contribution is -2.02. The molecule has 2 nitrogen and oxygen atoms in total. The first kappa shape index (κ1) is 12.1. The van der Waals surface area contributed by atoms with Crippen molar-refractivity contribution in [3.8, 4) is 0 Å². The fourth-order valence-electron chi connectivity index (χ4n) is 1.37. The summed E-state index contributed by atoms with van der Waals surface area (Å²) in [6.45, 7) is 0.0400. The van der Waals surface area contributed by atoms with Gasteiger partial charge in [-0.2, -0.15) is 0 Å². The van der Waals surface area contributed by atoms with Gasteiger partial charge in [-0.15, -0.1) is 0 Å². The van der Waals surface area contributed by atoms with E-state index in [0.717, 1.165) is 18.2 Å². The molecule has 0 aliphatic carbocycles. The van der Waals surface area contributed by atoms with E-state index in [4.69, 9.17) is 5.11 Å². The number of benzene rings is 1. The number of halogens is 2. The number of hydrogen-bond acceptors (Lipinski definition) is 2. The van der Waals surface area contributed by atoms with Crippen LogP contribution < -0.4 is 0 Å². The Bertz CT molecular complexity index is 315. The smallest absolute Gasteiger partial charge is 0.129 e. The number of aliphatic hydroxyl groups is 2. The molecule has 0 fully saturated rings. The number of hydrogen-bond donors (Lipinski definition) is 2. The van der Waals surface area contributed by atoms with E-state index in [1.165, 1.54) is 0 Å². The van der Waals surface area contributed by atoms with Gasteiger partial charge in [0, 0.05) is 12.2 Å². The number of unbranched alkanes of at least 4 members (excludes halogenated alkanes) is 1. The quantitative estimate of drug-likeness (QED) is 0.740. The minimum Gasteiger partial charge on any atom is -0.396 e. The van der Waals surface area contributed by atoms with Gasteiger partial charge in [0.1, 0.15) is 11.6 Å². The normalized spacial score (nSPS) is 12.8. The predicted molar refractivity (Wildman–Crippen MR) is 52.3 cm³/mol. The van der Waals surface area contributed by atoms with Crippen LogP contribution in [0.25, 0.3) is 0 Å². The van der Waals surface area contributed by atoms with Crippen LogP contribution >= 0.6 is 0 Å². The van der Waals surface area contributed by atoms with E-state index in [0.29, 0.717) is 19.3 Å². The van der Waals surface area contributed by atoms with Gasteiger partial charge in [0.05, 0.1) is 6.10 Å². The number of rotatable bonds is 5. The van der Waals surface area contributed by atoms with Crippen LogP contribution in [0.3, 0.4) is 0 Å². The van der Waals surface area contributed by atoms with Crippen molar-refractivity contribution in [1.29, 1.82) is 0 Å². The molecule has 1 unspecified atom stereocenters. The summed E-state index contributed by atoms with van der Waals surface area (Å²) in [5.41, 5.74) is -0.0204. The zero-order valence-corrected chi connectivity index (χ0v) is 8.29. The van der Waals surface area contributed by atoms with Gasteiger partial charge in [-0.05, 0) is 37.5 Å². The molecule has 0 amide bonds. The van der Waals surface area contributed by atoms with Crippen molar-refractivity contribution in [3.05, 3.63) is 35.4 Å². The first-order valence-corrected chi connectivity index (χ1v) is 4.89. The van der Waals surface area contributed by atoms with Crippen molar-refractivity contribution >= 4 is 0 Å². The van der Waals surface area contributed by atoms with Gasteiger partial charge in [0.2, 0.25) is 0 Å². The zero-order valence-electron chi connectivity index (χ0n) is 8.29. The molecule has 0 spiro atoms. The monoisotopic (exact) mass is 216 g/mol. The molecule has 0 saturated heterocycles. The molecule has 1 aromatic carbocycles. The maximum atomic E-state index is 13.2. The Hall–Kier alpha value is -1.00. The molecule has 15 heavy (non-hydrogen) atoms. The predicted octanol–water partition coefficient (Wildman–Crippen LogP) is 2.16. The summed E-state index contributed by atoms with van der Waals surface area (Å²) < 4.78 is 25.9. The van der Waals surface area contributed by atoms with E-state index < -0.39 is 17.7 Å². The molecule has 1 rings (SSSR count). The standard InChI is InChI=1S/C11H14F2O2/c12-8-4-5-10(13)9(7-8)11(15)3-1-2-6-14/h4-5,7,11,14-15H,1-3,6H2. The Morgan fingerprint density at radius 3 is 2.60 bits per heavy atom. The maximum absolute atomic E-state index is 13.2. The van der Waals surface area contributed by atoms with Crippen LogP contribution in [0.4, 0.5) is 8.78 Å². The van der Waals surface area contributed by atoms with Crippen molar-refractivity contribution < 1.29 is 19.0 Å². The van der Waals surface area contributed by atoms with Crippen LogP contribution in [0.5, 0.6) is 0 Å². The summed E-state index contributed by atoms with van der Waals surface area (Å²) >= 11 is 0. The first-order chi connectivity index (χ1) is 7.15. The molecular weight excluding hydrogens is 202 g/mol. The van der Waals surface area contributed by atoms with Gasteiger partial charge >= 0.3 is 0 Å². The molecule has 1 aromatic rings. The lowest BCUT2D eigenvalue weighted by molar-refractivity contribution is 0.154. The SMILES string of the molecule is OCCCCC(O)c1cc(F)ccc1F. The highest BCUT2D eigenvalue weighted by atomic mass is 19.1. The largest absolute Gasteiger partial charge is 0.396 e. The first-order valence-electron chi connectivity index (χ1n) is 4.89. The highest BCUT2D eigenvalue weighted by molar-refractivity contribution is 5.20. The lowest BCUT2D eigenvalue weighted by atomic mass is 10.0. The molecule has 0 radical (unpaired) electrons. The fraction of sp³-hybridized carbons (Fsp3) is 0.455. The molecule has 0 aliphatic rings. The van der Waals surface area contributed by atoms with Crippen LogP contribution in [0.15, 0.2) is 18.2 Å². The summed E-state index contributed by atoms with van der Waals surface area (Å²) in [6.07, 6.45) is 0.440. The summed E-state index contributed by atoms with van der Waals surface area (Å²) in [5, 5.41) is 18.1. The third kappa shape index (κ3) is 3.57. The highest BCUT2D eigenvalue weighted by Crippen LogP contribution is 2.22. The Morgan fingerprint density at radius 1 is 1.20 bits per heavy atom. The van der Waals surface area contributed by atoms with Crippen molar-refractivity contribution in [1.82, 2.24) is 0 Å². The molecule has 1 atom stereocenters. The van der Waals surface area contributed by atoms with Crippen LogP contribution in [-0.4, -0.2) is 16.8 Å². The van der Waals surface area contributed by atoms with Gasteiger partial charge < -0.3 is 10.2 Å². The lowest BCUT2D eigenvalue weighted by Gasteiger charge is -2.11. The average Bonchev–Trinajstić information content (AvgIpc) is 2.22. The van der Waals surface area contributed by atoms with E-state index in [1.807, 2.05) is 0 Å². The van der Waals surface area contributed by atoms with E-state index in [9.17, 15) is 13.9 Å². The minimum absolute atomic E-state index is 0.0204. The fourth-order valence-corrected chi connectivity index (χ4v) is 1.37. The molecule has 0 aliphatic heterocycles. The minimum atomic E-state index is -1.01. The maximum Gasteiger partial charge on any atom is 0.129 e. The molecular formula is C11H14F2O2. The summed E-state index contributed by atoms with van der Waals surface area (Å²) in [6, 6.07) is 3.01. The van der Waals surface area contributed by atoms with E-state index in [1.54, 1.807) is 0 Å². The van der Waals surface area contributed by atoms with E-state index in [2.05, 4.69) is 0 Å². The molecule has 0 saturated carbocycles. The summed E-state index contributed by atoms with van der Waals surface area (Å²) in [5.74, 6) is -1.17. The van der Waals surface area contributed by atoms with Gasteiger partial charge in [0.15, 0.2) is 0 Å². The highest BCUT2D eigenvalue weighted by Gasteiger charge is 2.13. The van der Waals surface area contributed by atoms with Gasteiger partial charge in [-0.1, -0.05) is 0 Å². The van der Waals surface area contributed by atoms with Crippen molar-refractivity contribution in [2.24, 2.45) is 0 Å². The Balaban J connectivity index is 2.64. The van der Waals surface area contributed by atoms with Gasteiger partial charge in [0.25, 0.3) is 0 Å². The second kappa shape index (κ2) is 5.78. The molecule has 84 valence electrons. The Labute approximate surface area is 87.2 Å². The Kier molecular flexibility index (Phi) is 4.65. The van der Waals surface area contributed by atoms with E-state index in [-0.39, 0.29) is 12.2 Å². The van der Waals surface area contributed by atoms with Gasteiger partial charge in [-0.25, -0.2) is 8.78 Å². The molecule has 0 bridgehead atoms. The van der Waals surface area contributed by atoms with Crippen molar-refractivity contribution in [3.63, 3.8) is 0 Å². The Morgan fingerprint density at radius 2 is 1.93 bits per heavy atom. The molecule has 0 aromatic heterocycles.